The summed E-state index contributed by atoms with van der Waals surface area (Å²) < 4.78 is 6.81. The fourth-order valence-corrected chi connectivity index (χ4v) is 1.87. The molecule has 1 atom stereocenters. The average Bonchev–Trinajstić information content (AvgIpc) is 2.76. The second kappa shape index (κ2) is 4.02. The molecule has 1 N–H and O–H groups in total. The first-order chi connectivity index (χ1) is 7.18. The molecule has 1 aliphatic heterocycles. The van der Waals surface area contributed by atoms with Crippen LogP contribution >= 0.6 is 0 Å². The number of carboxylic acids is 1. The van der Waals surface area contributed by atoms with Crippen LogP contribution in [0.5, 0.6) is 0 Å². The van der Waals surface area contributed by atoms with E-state index in [0.29, 0.717) is 30.3 Å². The van der Waals surface area contributed by atoms with Gasteiger partial charge in [-0.3, -0.25) is 4.68 Å². The van der Waals surface area contributed by atoms with Gasteiger partial charge in [-0.2, -0.15) is 5.10 Å². The van der Waals surface area contributed by atoms with Gasteiger partial charge in [-0.25, -0.2) is 4.79 Å². The van der Waals surface area contributed by atoms with Gasteiger partial charge in [0.15, 0.2) is 0 Å². The highest BCUT2D eigenvalue weighted by molar-refractivity contribution is 5.87. The summed E-state index contributed by atoms with van der Waals surface area (Å²) in [6.45, 7) is 3.87. The van der Waals surface area contributed by atoms with Gasteiger partial charge in [-0.1, -0.05) is 0 Å². The van der Waals surface area contributed by atoms with Gasteiger partial charge < -0.3 is 9.84 Å². The van der Waals surface area contributed by atoms with Crippen molar-refractivity contribution in [2.24, 2.45) is 5.92 Å². The molecule has 1 aliphatic rings. The molecule has 0 spiro atoms. The maximum Gasteiger partial charge on any atom is 0.354 e. The second-order valence-corrected chi connectivity index (χ2v) is 3.89. The number of rotatable bonds is 3. The molecule has 0 radical (unpaired) electrons. The summed E-state index contributed by atoms with van der Waals surface area (Å²) in [4.78, 5) is 11.0. The van der Waals surface area contributed by atoms with Crippen molar-refractivity contribution in [2.45, 2.75) is 19.9 Å². The van der Waals surface area contributed by atoms with E-state index in [4.69, 9.17) is 9.84 Å². The molecule has 1 aromatic rings. The van der Waals surface area contributed by atoms with Gasteiger partial charge >= 0.3 is 5.97 Å². The Morgan fingerprint density at radius 2 is 2.60 bits per heavy atom. The predicted molar refractivity (Wildman–Crippen MR) is 52.8 cm³/mol. The largest absolute Gasteiger partial charge is 0.477 e. The molecule has 5 heteroatoms. The second-order valence-electron chi connectivity index (χ2n) is 3.89. The Balaban J connectivity index is 2.16. The minimum atomic E-state index is -0.913. The zero-order chi connectivity index (χ0) is 10.8. The predicted octanol–water partition coefficient (Wildman–Crippen LogP) is 0.926. The van der Waals surface area contributed by atoms with Crippen LogP contribution < -0.4 is 0 Å². The van der Waals surface area contributed by atoms with E-state index in [1.54, 1.807) is 17.8 Å². The number of hydrogen-bond donors (Lipinski definition) is 1. The number of carboxylic acid groups (broad SMARTS) is 1. The van der Waals surface area contributed by atoms with Crippen molar-refractivity contribution in [2.75, 3.05) is 13.2 Å². The molecule has 0 amide bonds. The van der Waals surface area contributed by atoms with Gasteiger partial charge in [-0.05, 0) is 13.3 Å². The lowest BCUT2D eigenvalue weighted by molar-refractivity contribution is 0.0680. The van der Waals surface area contributed by atoms with Gasteiger partial charge in [0.1, 0.15) is 5.69 Å². The molecule has 15 heavy (non-hydrogen) atoms. The lowest BCUT2D eigenvalue weighted by Crippen LogP contribution is -2.17. The molecule has 82 valence electrons. The highest BCUT2D eigenvalue weighted by atomic mass is 16.5. The summed E-state index contributed by atoms with van der Waals surface area (Å²) in [5.74, 6) is -0.522. The van der Waals surface area contributed by atoms with Gasteiger partial charge in [0.05, 0.1) is 12.8 Å². The zero-order valence-corrected chi connectivity index (χ0v) is 8.64. The number of hydrogen-bond acceptors (Lipinski definition) is 3. The van der Waals surface area contributed by atoms with Crippen molar-refractivity contribution in [3.63, 3.8) is 0 Å². The van der Waals surface area contributed by atoms with Gasteiger partial charge in [0.2, 0.25) is 0 Å². The normalized spacial score (nSPS) is 20.7. The zero-order valence-electron chi connectivity index (χ0n) is 8.64. The van der Waals surface area contributed by atoms with Crippen LogP contribution in [-0.4, -0.2) is 34.1 Å². The molecule has 0 aliphatic carbocycles. The molecule has 1 fully saturated rings. The monoisotopic (exact) mass is 210 g/mol. The van der Waals surface area contributed by atoms with Crippen LogP contribution in [0.25, 0.3) is 0 Å². The summed E-state index contributed by atoms with van der Waals surface area (Å²) in [6.07, 6.45) is 2.58. The standard InChI is InChI=1S/C10H14N2O3/c1-7-4-11-12(9(7)10(13)14)5-8-2-3-15-6-8/h4,8H,2-3,5-6H2,1H3,(H,13,14). The number of aryl methyl sites for hydroxylation is 1. The number of aromatic nitrogens is 2. The molecule has 0 aromatic carbocycles. The molecule has 1 unspecified atom stereocenters. The Morgan fingerprint density at radius 1 is 1.80 bits per heavy atom. The highest BCUT2D eigenvalue weighted by Gasteiger charge is 2.21. The van der Waals surface area contributed by atoms with Crippen LogP contribution in [0.4, 0.5) is 0 Å². The topological polar surface area (TPSA) is 64.4 Å². The Hall–Kier alpha value is -1.36. The van der Waals surface area contributed by atoms with Crippen LogP contribution in [0.1, 0.15) is 22.5 Å². The molecular weight excluding hydrogens is 196 g/mol. The molecule has 1 saturated heterocycles. The van der Waals surface area contributed by atoms with Crippen molar-refractivity contribution in [3.8, 4) is 0 Å². The van der Waals surface area contributed by atoms with Gasteiger partial charge in [0.25, 0.3) is 0 Å². The van der Waals surface area contributed by atoms with Crippen LogP contribution in [0.2, 0.25) is 0 Å². The number of ether oxygens (including phenoxy) is 1. The fraction of sp³-hybridized carbons (Fsp3) is 0.600. The maximum atomic E-state index is 11.0. The summed E-state index contributed by atoms with van der Waals surface area (Å²) in [5.41, 5.74) is 1.00. The molecule has 5 nitrogen and oxygen atoms in total. The van der Waals surface area contributed by atoms with Gasteiger partial charge in [0, 0.05) is 24.6 Å². The molecule has 1 aromatic heterocycles. The van der Waals surface area contributed by atoms with Crippen molar-refractivity contribution in [1.29, 1.82) is 0 Å². The van der Waals surface area contributed by atoms with E-state index in [1.807, 2.05) is 0 Å². The van der Waals surface area contributed by atoms with Gasteiger partial charge in [-0.15, -0.1) is 0 Å². The van der Waals surface area contributed by atoms with E-state index in [9.17, 15) is 4.79 Å². The minimum absolute atomic E-state index is 0.293. The van der Waals surface area contributed by atoms with Crippen molar-refractivity contribution >= 4 is 5.97 Å². The number of nitrogens with zero attached hydrogens (tertiary/aromatic N) is 2. The lowest BCUT2D eigenvalue weighted by Gasteiger charge is -2.09. The minimum Gasteiger partial charge on any atom is -0.477 e. The van der Waals surface area contributed by atoms with E-state index in [-0.39, 0.29) is 0 Å². The third-order valence-electron chi connectivity index (χ3n) is 2.68. The summed E-state index contributed by atoms with van der Waals surface area (Å²) >= 11 is 0. The Labute approximate surface area is 87.7 Å². The summed E-state index contributed by atoms with van der Waals surface area (Å²) in [5, 5.41) is 13.1. The third kappa shape index (κ3) is 2.02. The number of aromatic carboxylic acids is 1. The SMILES string of the molecule is Cc1cnn(CC2CCOC2)c1C(=O)O. The summed E-state index contributed by atoms with van der Waals surface area (Å²) in [6, 6.07) is 0. The summed E-state index contributed by atoms with van der Waals surface area (Å²) in [7, 11) is 0. The lowest BCUT2D eigenvalue weighted by atomic mass is 10.1. The average molecular weight is 210 g/mol. The van der Waals surface area contributed by atoms with Crippen LogP contribution in [-0.2, 0) is 11.3 Å². The Kier molecular flexibility index (Phi) is 2.73. The van der Waals surface area contributed by atoms with E-state index < -0.39 is 5.97 Å². The smallest absolute Gasteiger partial charge is 0.354 e. The molecule has 2 rings (SSSR count). The Morgan fingerprint density at radius 3 is 3.20 bits per heavy atom. The number of carbonyl (C=O) groups is 1. The molecular formula is C10H14N2O3. The van der Waals surface area contributed by atoms with E-state index in [2.05, 4.69) is 5.10 Å². The first-order valence-corrected chi connectivity index (χ1v) is 5.02. The van der Waals surface area contributed by atoms with Crippen LogP contribution in [0.15, 0.2) is 6.20 Å². The Bertz CT molecular complexity index is 367. The highest BCUT2D eigenvalue weighted by Crippen LogP contribution is 2.16. The van der Waals surface area contributed by atoms with Crippen molar-refractivity contribution < 1.29 is 14.6 Å². The molecule has 2 heterocycles. The fourth-order valence-electron chi connectivity index (χ4n) is 1.87. The molecule has 0 bridgehead atoms. The first-order valence-electron chi connectivity index (χ1n) is 5.02. The van der Waals surface area contributed by atoms with Crippen molar-refractivity contribution in [3.05, 3.63) is 17.5 Å². The van der Waals surface area contributed by atoms with E-state index in [0.717, 1.165) is 13.0 Å². The quantitative estimate of drug-likeness (QED) is 0.805. The third-order valence-corrected chi connectivity index (χ3v) is 2.68. The molecule has 0 saturated carbocycles. The van der Waals surface area contributed by atoms with Crippen molar-refractivity contribution in [1.82, 2.24) is 9.78 Å². The maximum absolute atomic E-state index is 11.0. The first kappa shape index (κ1) is 10.2. The van der Waals surface area contributed by atoms with E-state index in [1.165, 1.54) is 0 Å². The van der Waals surface area contributed by atoms with Crippen LogP contribution in [0, 0.1) is 12.8 Å². The van der Waals surface area contributed by atoms with E-state index >= 15 is 0 Å². The van der Waals surface area contributed by atoms with Crippen LogP contribution in [0.3, 0.4) is 0 Å².